The minimum atomic E-state index is -2.50. The average molecular weight is 315 g/mol. The number of aliphatic carboxylic acids is 1. The van der Waals surface area contributed by atoms with Crippen LogP contribution in [0.4, 0.5) is 8.78 Å². The first-order valence-electron chi connectivity index (χ1n) is 6.49. The minimum Gasteiger partial charge on any atom is -0.481 e. The van der Waals surface area contributed by atoms with E-state index < -0.39 is 17.6 Å². The predicted octanol–water partition coefficient (Wildman–Crippen LogP) is 2.94. The standard InChI is InChI=1S/C14H15F2NO3S/c1-8-11(13(19)20)6-7-17(8)12(18)9-2-4-10(5-3-9)21-14(15)16/h2-5,8,11,14H,6-7H2,1H3,(H,19,20). The molecule has 2 atom stereocenters. The van der Waals surface area contributed by atoms with Gasteiger partial charge in [-0.25, -0.2) is 0 Å². The quantitative estimate of drug-likeness (QED) is 0.868. The predicted molar refractivity (Wildman–Crippen MR) is 74.5 cm³/mol. The molecule has 2 unspecified atom stereocenters. The molecular formula is C14H15F2NO3S. The van der Waals surface area contributed by atoms with E-state index in [-0.39, 0.29) is 11.9 Å². The number of carboxylic acid groups (broad SMARTS) is 1. The van der Waals surface area contributed by atoms with Crippen molar-refractivity contribution in [2.75, 3.05) is 6.54 Å². The van der Waals surface area contributed by atoms with Crippen molar-refractivity contribution in [2.45, 2.75) is 30.0 Å². The van der Waals surface area contributed by atoms with Crippen LogP contribution in [-0.2, 0) is 4.79 Å². The fourth-order valence-corrected chi connectivity index (χ4v) is 3.00. The van der Waals surface area contributed by atoms with Crippen LogP contribution < -0.4 is 0 Å². The van der Waals surface area contributed by atoms with Gasteiger partial charge in [0.05, 0.1) is 5.92 Å². The van der Waals surface area contributed by atoms with E-state index in [1.807, 2.05) is 0 Å². The summed E-state index contributed by atoms with van der Waals surface area (Å²) in [4.78, 5) is 25.3. The Labute approximate surface area is 125 Å². The van der Waals surface area contributed by atoms with Gasteiger partial charge in [-0.15, -0.1) is 0 Å². The van der Waals surface area contributed by atoms with Gasteiger partial charge in [-0.2, -0.15) is 8.78 Å². The van der Waals surface area contributed by atoms with Crippen molar-refractivity contribution < 1.29 is 23.5 Å². The van der Waals surface area contributed by atoms with Gasteiger partial charge in [0.25, 0.3) is 11.7 Å². The highest BCUT2D eigenvalue weighted by atomic mass is 32.2. The van der Waals surface area contributed by atoms with Crippen molar-refractivity contribution in [3.05, 3.63) is 29.8 Å². The lowest BCUT2D eigenvalue weighted by atomic mass is 10.0. The van der Waals surface area contributed by atoms with Gasteiger partial charge in [-0.05, 0) is 37.6 Å². The number of rotatable bonds is 4. The molecule has 21 heavy (non-hydrogen) atoms. The number of amides is 1. The van der Waals surface area contributed by atoms with Crippen molar-refractivity contribution in [3.63, 3.8) is 0 Å². The molecular weight excluding hydrogens is 300 g/mol. The fraction of sp³-hybridized carbons (Fsp3) is 0.429. The number of carbonyl (C=O) groups excluding carboxylic acids is 1. The molecule has 7 heteroatoms. The van der Waals surface area contributed by atoms with Crippen molar-refractivity contribution in [1.82, 2.24) is 4.90 Å². The molecule has 1 amide bonds. The van der Waals surface area contributed by atoms with Crippen LogP contribution in [0.5, 0.6) is 0 Å². The van der Waals surface area contributed by atoms with Crippen LogP contribution in [0, 0.1) is 5.92 Å². The summed E-state index contributed by atoms with van der Waals surface area (Å²) in [5, 5.41) is 9.06. The second-order valence-electron chi connectivity index (χ2n) is 4.88. The van der Waals surface area contributed by atoms with Gasteiger partial charge in [0.15, 0.2) is 0 Å². The summed E-state index contributed by atoms with van der Waals surface area (Å²) in [5.74, 6) is -4.22. The highest BCUT2D eigenvalue weighted by molar-refractivity contribution is 7.99. The molecule has 0 bridgehead atoms. The van der Waals surface area contributed by atoms with E-state index in [4.69, 9.17) is 5.11 Å². The zero-order valence-corrected chi connectivity index (χ0v) is 12.1. The van der Waals surface area contributed by atoms with E-state index in [1.165, 1.54) is 29.2 Å². The molecule has 1 aliphatic rings. The summed E-state index contributed by atoms with van der Waals surface area (Å²) in [6.45, 7) is 2.11. The largest absolute Gasteiger partial charge is 0.481 e. The van der Waals surface area contributed by atoms with Crippen LogP contribution in [0.3, 0.4) is 0 Å². The Kier molecular flexibility index (Phi) is 4.82. The number of hydrogen-bond acceptors (Lipinski definition) is 3. The zero-order chi connectivity index (χ0) is 15.6. The second-order valence-corrected chi connectivity index (χ2v) is 5.94. The van der Waals surface area contributed by atoms with Crippen LogP contribution in [0.15, 0.2) is 29.2 Å². The lowest BCUT2D eigenvalue weighted by Gasteiger charge is -2.23. The number of carbonyl (C=O) groups is 2. The normalized spacial score (nSPS) is 21.8. The van der Waals surface area contributed by atoms with Crippen LogP contribution >= 0.6 is 11.8 Å². The van der Waals surface area contributed by atoms with Gasteiger partial charge in [0.1, 0.15) is 0 Å². The summed E-state index contributed by atoms with van der Waals surface area (Å²) in [7, 11) is 0. The summed E-state index contributed by atoms with van der Waals surface area (Å²) in [6.07, 6.45) is 0.432. The number of carboxylic acids is 1. The van der Waals surface area contributed by atoms with Gasteiger partial charge in [-0.1, -0.05) is 11.8 Å². The van der Waals surface area contributed by atoms with Gasteiger partial charge in [0.2, 0.25) is 0 Å². The maximum absolute atomic E-state index is 12.3. The van der Waals surface area contributed by atoms with Crippen molar-refractivity contribution in [3.8, 4) is 0 Å². The Bertz CT molecular complexity index is 536. The molecule has 1 N–H and O–H groups in total. The first-order valence-corrected chi connectivity index (χ1v) is 7.36. The Morgan fingerprint density at radius 3 is 2.43 bits per heavy atom. The molecule has 0 saturated carbocycles. The first kappa shape index (κ1) is 15.8. The van der Waals surface area contributed by atoms with Gasteiger partial charge in [0, 0.05) is 23.0 Å². The second kappa shape index (κ2) is 6.43. The van der Waals surface area contributed by atoms with E-state index in [1.54, 1.807) is 6.92 Å². The summed E-state index contributed by atoms with van der Waals surface area (Å²) in [5.41, 5.74) is 0.381. The minimum absolute atomic E-state index is 0.264. The van der Waals surface area contributed by atoms with Crippen molar-refractivity contribution >= 4 is 23.6 Å². The molecule has 0 aliphatic carbocycles. The number of halogens is 2. The maximum Gasteiger partial charge on any atom is 0.308 e. The fourth-order valence-electron chi connectivity index (χ4n) is 2.50. The van der Waals surface area contributed by atoms with Crippen LogP contribution in [-0.4, -0.2) is 40.2 Å². The third-order valence-corrected chi connectivity index (χ3v) is 4.38. The monoisotopic (exact) mass is 315 g/mol. The zero-order valence-electron chi connectivity index (χ0n) is 11.3. The van der Waals surface area contributed by atoms with E-state index in [0.717, 1.165) is 0 Å². The molecule has 1 saturated heterocycles. The SMILES string of the molecule is CC1C(C(=O)O)CCN1C(=O)c1ccc(SC(F)F)cc1. The van der Waals surface area contributed by atoms with Gasteiger partial charge >= 0.3 is 5.97 Å². The van der Waals surface area contributed by atoms with Crippen molar-refractivity contribution in [1.29, 1.82) is 0 Å². The topological polar surface area (TPSA) is 57.6 Å². The summed E-state index contributed by atoms with van der Waals surface area (Å²) in [6, 6.07) is 5.56. The molecule has 1 aromatic rings. The molecule has 0 radical (unpaired) electrons. The number of nitrogens with zero attached hydrogens (tertiary/aromatic N) is 1. The highest BCUT2D eigenvalue weighted by Crippen LogP contribution is 2.28. The Balaban J connectivity index is 2.08. The molecule has 1 aromatic carbocycles. The van der Waals surface area contributed by atoms with Crippen LogP contribution in [0.1, 0.15) is 23.7 Å². The third-order valence-electron chi connectivity index (χ3n) is 3.66. The molecule has 114 valence electrons. The molecule has 4 nitrogen and oxygen atoms in total. The van der Waals surface area contributed by atoms with E-state index in [9.17, 15) is 18.4 Å². The molecule has 2 rings (SSSR count). The maximum atomic E-state index is 12.3. The lowest BCUT2D eigenvalue weighted by Crippen LogP contribution is -2.37. The average Bonchev–Trinajstić information content (AvgIpc) is 2.80. The van der Waals surface area contributed by atoms with E-state index >= 15 is 0 Å². The smallest absolute Gasteiger partial charge is 0.308 e. The number of hydrogen-bond donors (Lipinski definition) is 1. The molecule has 1 heterocycles. The van der Waals surface area contributed by atoms with Gasteiger partial charge in [-0.3, -0.25) is 9.59 Å². The first-order chi connectivity index (χ1) is 9.90. The molecule has 1 aliphatic heterocycles. The number of thioether (sulfide) groups is 1. The Hall–Kier alpha value is -1.63. The van der Waals surface area contributed by atoms with Gasteiger partial charge < -0.3 is 10.0 Å². The van der Waals surface area contributed by atoms with Crippen LogP contribution in [0.25, 0.3) is 0 Å². The molecule has 1 fully saturated rings. The Morgan fingerprint density at radius 2 is 1.95 bits per heavy atom. The summed E-state index contributed by atoms with van der Waals surface area (Å²) < 4.78 is 24.5. The highest BCUT2D eigenvalue weighted by Gasteiger charge is 2.38. The Morgan fingerprint density at radius 1 is 1.33 bits per heavy atom. The number of benzene rings is 1. The molecule has 0 spiro atoms. The lowest BCUT2D eigenvalue weighted by molar-refractivity contribution is -0.142. The molecule has 0 aromatic heterocycles. The number of alkyl halides is 2. The van der Waals surface area contributed by atoms with E-state index in [2.05, 4.69) is 0 Å². The third kappa shape index (κ3) is 3.53. The number of likely N-dealkylation sites (tertiary alicyclic amines) is 1. The van der Waals surface area contributed by atoms with Crippen LogP contribution in [0.2, 0.25) is 0 Å². The van der Waals surface area contributed by atoms with E-state index in [0.29, 0.717) is 35.2 Å². The van der Waals surface area contributed by atoms with Crippen molar-refractivity contribution in [2.24, 2.45) is 5.92 Å². The summed E-state index contributed by atoms with van der Waals surface area (Å²) >= 11 is 0.420.